The monoisotopic (exact) mass is 503 g/mol. The normalized spacial score (nSPS) is 12.1. The molecule has 0 unspecified atom stereocenters. The van der Waals surface area contributed by atoms with Gasteiger partial charge in [-0.3, -0.25) is 9.10 Å². The molecule has 1 N–H and O–H groups in total. The molecule has 184 valence electrons. The van der Waals surface area contributed by atoms with Crippen molar-refractivity contribution in [2.75, 3.05) is 10.8 Å². The zero-order valence-electron chi connectivity index (χ0n) is 19.3. The van der Waals surface area contributed by atoms with Crippen molar-refractivity contribution in [3.05, 3.63) is 94.5 Å². The lowest BCUT2D eigenvalue weighted by Crippen LogP contribution is -2.40. The predicted octanol–water partition coefficient (Wildman–Crippen LogP) is 4.98. The molecule has 10 heteroatoms. The van der Waals surface area contributed by atoms with Crippen LogP contribution < -0.4 is 9.73 Å². The lowest BCUT2D eigenvalue weighted by Gasteiger charge is -2.26. The van der Waals surface area contributed by atoms with E-state index in [1.807, 2.05) is 19.9 Å². The number of aryl methyl sites for hydroxylation is 2. The van der Waals surface area contributed by atoms with Gasteiger partial charge in [0, 0.05) is 0 Å². The summed E-state index contributed by atoms with van der Waals surface area (Å²) in [6, 6.07) is 15.8. The van der Waals surface area contributed by atoms with Crippen molar-refractivity contribution in [2.24, 2.45) is 5.10 Å². The number of benzene rings is 3. The van der Waals surface area contributed by atoms with E-state index in [4.69, 9.17) is 0 Å². The van der Waals surface area contributed by atoms with Crippen LogP contribution in [0.15, 0.2) is 76.7 Å². The molecular formula is C25H24F3N3O3S. The molecule has 0 aliphatic rings. The van der Waals surface area contributed by atoms with Gasteiger partial charge in [-0.15, -0.1) is 0 Å². The van der Waals surface area contributed by atoms with E-state index in [0.29, 0.717) is 11.3 Å². The number of rotatable bonds is 7. The summed E-state index contributed by atoms with van der Waals surface area (Å²) >= 11 is 0. The maximum atomic E-state index is 13.5. The maximum Gasteiger partial charge on any atom is 0.416 e. The highest BCUT2D eigenvalue weighted by Crippen LogP contribution is 2.30. The van der Waals surface area contributed by atoms with Crippen LogP contribution in [-0.4, -0.2) is 27.1 Å². The summed E-state index contributed by atoms with van der Waals surface area (Å²) in [5.41, 5.74) is 4.21. The molecule has 1 amide bonds. The van der Waals surface area contributed by atoms with Gasteiger partial charge in [0.05, 0.1) is 22.4 Å². The number of carbonyl (C=O) groups excluding carboxylic acids is 1. The van der Waals surface area contributed by atoms with Crippen molar-refractivity contribution < 1.29 is 26.4 Å². The smallest absolute Gasteiger partial charge is 0.271 e. The fourth-order valence-corrected chi connectivity index (χ4v) is 4.76. The lowest BCUT2D eigenvalue weighted by atomic mass is 10.1. The molecule has 3 rings (SSSR count). The summed E-state index contributed by atoms with van der Waals surface area (Å²) in [4.78, 5) is 12.7. The van der Waals surface area contributed by atoms with Gasteiger partial charge >= 0.3 is 6.18 Å². The van der Waals surface area contributed by atoms with Gasteiger partial charge in [0.1, 0.15) is 6.54 Å². The zero-order valence-corrected chi connectivity index (χ0v) is 20.1. The molecule has 0 aliphatic heterocycles. The largest absolute Gasteiger partial charge is 0.416 e. The summed E-state index contributed by atoms with van der Waals surface area (Å²) in [5.74, 6) is -0.759. The Labute approximate surface area is 202 Å². The van der Waals surface area contributed by atoms with E-state index in [-0.39, 0.29) is 10.5 Å². The number of amides is 1. The molecule has 35 heavy (non-hydrogen) atoms. The van der Waals surface area contributed by atoms with Gasteiger partial charge in [0.25, 0.3) is 15.9 Å². The van der Waals surface area contributed by atoms with E-state index in [0.717, 1.165) is 33.8 Å². The highest BCUT2D eigenvalue weighted by Gasteiger charge is 2.30. The van der Waals surface area contributed by atoms with Crippen LogP contribution in [-0.2, 0) is 21.0 Å². The first kappa shape index (κ1) is 26.0. The van der Waals surface area contributed by atoms with E-state index in [9.17, 15) is 26.4 Å². The van der Waals surface area contributed by atoms with Crippen molar-refractivity contribution in [1.82, 2.24) is 5.43 Å². The van der Waals surface area contributed by atoms with Gasteiger partial charge in [0.15, 0.2) is 0 Å². The van der Waals surface area contributed by atoms with Gasteiger partial charge in [0.2, 0.25) is 0 Å². The number of alkyl halides is 3. The van der Waals surface area contributed by atoms with Crippen LogP contribution in [0.2, 0.25) is 0 Å². The number of nitrogens with one attached hydrogen (secondary N) is 1. The van der Waals surface area contributed by atoms with Crippen LogP contribution in [0.4, 0.5) is 18.9 Å². The predicted molar refractivity (Wildman–Crippen MR) is 129 cm³/mol. The molecular weight excluding hydrogens is 479 g/mol. The lowest BCUT2D eigenvalue weighted by molar-refractivity contribution is -0.137. The molecule has 6 nitrogen and oxygen atoms in total. The third-order valence-corrected chi connectivity index (χ3v) is 7.13. The van der Waals surface area contributed by atoms with Crippen LogP contribution in [0.3, 0.4) is 0 Å². The Hall–Kier alpha value is -3.66. The Morgan fingerprint density at radius 2 is 1.66 bits per heavy atom. The number of anilines is 1. The number of hydrazone groups is 1. The molecule has 0 aliphatic carbocycles. The van der Waals surface area contributed by atoms with Crippen molar-refractivity contribution in [1.29, 1.82) is 0 Å². The number of carbonyl (C=O) groups is 1. The van der Waals surface area contributed by atoms with Crippen molar-refractivity contribution in [2.45, 2.75) is 31.8 Å². The first-order chi connectivity index (χ1) is 16.4. The number of hydrogen-bond acceptors (Lipinski definition) is 4. The second kappa shape index (κ2) is 10.3. The Morgan fingerprint density at radius 3 is 2.31 bits per heavy atom. The summed E-state index contributed by atoms with van der Waals surface area (Å²) in [6.45, 7) is 4.83. The number of nitrogens with zero attached hydrogens (tertiary/aromatic N) is 2. The first-order valence-electron chi connectivity index (χ1n) is 10.5. The van der Waals surface area contributed by atoms with Gasteiger partial charge in [-0.1, -0.05) is 42.0 Å². The highest BCUT2D eigenvalue weighted by atomic mass is 32.2. The van der Waals surface area contributed by atoms with Crippen LogP contribution in [0.1, 0.15) is 27.8 Å². The molecule has 0 fully saturated rings. The van der Waals surface area contributed by atoms with Crippen molar-refractivity contribution >= 4 is 27.8 Å². The van der Waals surface area contributed by atoms with E-state index in [2.05, 4.69) is 10.5 Å². The zero-order chi connectivity index (χ0) is 25.8. The molecule has 3 aromatic rings. The number of hydrogen-bond donors (Lipinski definition) is 1. The first-order valence-corrected chi connectivity index (χ1v) is 12.0. The van der Waals surface area contributed by atoms with Crippen molar-refractivity contribution in [3.63, 3.8) is 0 Å². The summed E-state index contributed by atoms with van der Waals surface area (Å²) in [6.07, 6.45) is -3.45. The van der Waals surface area contributed by atoms with E-state index >= 15 is 0 Å². The highest BCUT2D eigenvalue weighted by molar-refractivity contribution is 7.92. The Balaban J connectivity index is 1.87. The minimum absolute atomic E-state index is 0.0178. The minimum Gasteiger partial charge on any atom is -0.271 e. The fourth-order valence-electron chi connectivity index (χ4n) is 3.28. The average molecular weight is 504 g/mol. The van der Waals surface area contributed by atoms with E-state index < -0.39 is 34.2 Å². The van der Waals surface area contributed by atoms with Gasteiger partial charge in [-0.25, -0.2) is 13.8 Å². The molecule has 0 saturated carbocycles. The van der Waals surface area contributed by atoms with Crippen LogP contribution >= 0.6 is 0 Å². The standard InChI is InChI=1S/C25H24F3N3O3S/c1-17-10-12-22(13-11-17)35(33,34)31(23-9-4-6-18(2)19(23)3)16-24(32)30-29-15-20-7-5-8-21(14-20)25(26,27)28/h4-15H,16H2,1-3H3,(H,30,32)/b29-15-. The fraction of sp³-hybridized carbons (Fsp3) is 0.200. The van der Waals surface area contributed by atoms with Crippen LogP contribution in [0, 0.1) is 20.8 Å². The second-order valence-electron chi connectivity index (χ2n) is 7.96. The SMILES string of the molecule is Cc1ccc(S(=O)(=O)N(CC(=O)N/N=C\c2cccc(C(F)(F)F)c2)c2cccc(C)c2C)cc1. The average Bonchev–Trinajstić information content (AvgIpc) is 2.79. The third kappa shape index (κ3) is 6.27. The van der Waals surface area contributed by atoms with E-state index in [1.165, 1.54) is 24.3 Å². The van der Waals surface area contributed by atoms with Crippen LogP contribution in [0.25, 0.3) is 0 Å². The minimum atomic E-state index is -4.51. The topological polar surface area (TPSA) is 78.8 Å². The molecule has 0 radical (unpaired) electrons. The molecule has 0 aromatic heterocycles. The van der Waals surface area contributed by atoms with Crippen LogP contribution in [0.5, 0.6) is 0 Å². The molecule has 0 spiro atoms. The van der Waals surface area contributed by atoms with Crippen molar-refractivity contribution in [3.8, 4) is 0 Å². The quantitative estimate of drug-likeness (QED) is 0.365. The number of halogens is 3. The van der Waals surface area contributed by atoms with E-state index in [1.54, 1.807) is 31.2 Å². The summed E-state index contributed by atoms with van der Waals surface area (Å²) < 4.78 is 66.6. The van der Waals surface area contributed by atoms with Gasteiger partial charge in [-0.05, 0) is 67.8 Å². The molecule has 0 saturated heterocycles. The van der Waals surface area contributed by atoms with Gasteiger partial charge in [-0.2, -0.15) is 18.3 Å². The Kier molecular flexibility index (Phi) is 7.64. The second-order valence-corrected chi connectivity index (χ2v) is 9.82. The summed E-state index contributed by atoms with van der Waals surface area (Å²) in [5, 5.41) is 3.70. The third-order valence-electron chi connectivity index (χ3n) is 5.36. The Morgan fingerprint density at radius 1 is 1.00 bits per heavy atom. The molecule has 3 aromatic carbocycles. The molecule has 0 heterocycles. The maximum absolute atomic E-state index is 13.5. The number of sulfonamides is 1. The van der Waals surface area contributed by atoms with Gasteiger partial charge < -0.3 is 0 Å². The molecule has 0 bridgehead atoms. The summed E-state index contributed by atoms with van der Waals surface area (Å²) in [7, 11) is -4.11. The molecule has 0 atom stereocenters. The Bertz CT molecular complexity index is 1350.